The molecule has 0 radical (unpaired) electrons. The molecule has 9 heteroatoms. The van der Waals surface area contributed by atoms with Gasteiger partial charge in [-0.3, -0.25) is 9.59 Å². The second-order valence-corrected chi connectivity index (χ2v) is 8.24. The van der Waals surface area contributed by atoms with Crippen LogP contribution in [0.2, 0.25) is 0 Å². The van der Waals surface area contributed by atoms with Gasteiger partial charge in [-0.25, -0.2) is 18.4 Å². The second kappa shape index (κ2) is 9.01. The Morgan fingerprint density at radius 2 is 1.65 bits per heavy atom. The predicted octanol–water partition coefficient (Wildman–Crippen LogP) is 5.48. The number of aromatic nitrogens is 3. The number of benzene rings is 2. The lowest BCUT2D eigenvalue weighted by Gasteiger charge is -2.14. The van der Waals surface area contributed by atoms with E-state index in [4.69, 9.17) is 4.98 Å². The first kappa shape index (κ1) is 23.0. The smallest absolute Gasteiger partial charge is 0.256 e. The molecule has 0 spiro atoms. The third-order valence-electron chi connectivity index (χ3n) is 5.34. The number of rotatable bonds is 5. The quantitative estimate of drug-likeness (QED) is 0.410. The van der Waals surface area contributed by atoms with Crippen LogP contribution in [0.25, 0.3) is 22.3 Å². The van der Waals surface area contributed by atoms with Crippen molar-refractivity contribution < 1.29 is 18.4 Å². The van der Waals surface area contributed by atoms with Crippen molar-refractivity contribution in [3.8, 4) is 11.3 Å². The highest BCUT2D eigenvalue weighted by Gasteiger charge is 2.21. The van der Waals surface area contributed by atoms with Crippen molar-refractivity contribution in [3.05, 3.63) is 71.4 Å². The van der Waals surface area contributed by atoms with Gasteiger partial charge in [-0.2, -0.15) is 5.10 Å². The summed E-state index contributed by atoms with van der Waals surface area (Å²) in [6.07, 6.45) is 1.55. The molecule has 2 aromatic carbocycles. The van der Waals surface area contributed by atoms with Gasteiger partial charge in [0.15, 0.2) is 17.3 Å². The predicted molar refractivity (Wildman–Crippen MR) is 127 cm³/mol. The van der Waals surface area contributed by atoms with E-state index < -0.39 is 23.4 Å². The lowest BCUT2D eigenvalue weighted by molar-refractivity contribution is -0.114. The van der Waals surface area contributed by atoms with E-state index in [2.05, 4.69) is 15.7 Å². The zero-order valence-electron chi connectivity index (χ0n) is 19.1. The molecule has 0 saturated heterocycles. The zero-order valence-corrected chi connectivity index (χ0v) is 19.1. The minimum Gasteiger partial charge on any atom is -0.324 e. The molecular weight excluding hydrogens is 440 g/mol. The number of carbonyl (C=O) groups excluding carboxylic acids is 2. The molecule has 174 valence electrons. The molecule has 2 N–H and O–H groups in total. The summed E-state index contributed by atoms with van der Waals surface area (Å²) in [5.74, 6) is -3.37. The first-order valence-electron chi connectivity index (χ1n) is 10.7. The Kier molecular flexibility index (Phi) is 6.10. The first-order chi connectivity index (χ1) is 16.2. The van der Waals surface area contributed by atoms with Crippen molar-refractivity contribution in [1.29, 1.82) is 0 Å². The van der Waals surface area contributed by atoms with E-state index in [1.807, 2.05) is 45.0 Å². The molecule has 0 atom stereocenters. The normalized spacial score (nSPS) is 11.1. The molecule has 2 heterocycles. The maximum atomic E-state index is 14.0. The largest absolute Gasteiger partial charge is 0.324 e. The van der Waals surface area contributed by atoms with Gasteiger partial charge in [-0.1, -0.05) is 24.3 Å². The summed E-state index contributed by atoms with van der Waals surface area (Å²) in [5, 5.41) is 9.91. The number of hydrogen-bond acceptors (Lipinski definition) is 4. The van der Waals surface area contributed by atoms with Crippen LogP contribution < -0.4 is 10.6 Å². The average Bonchev–Trinajstić information content (AvgIpc) is 3.21. The summed E-state index contributed by atoms with van der Waals surface area (Å²) in [6, 6.07) is 10.9. The van der Waals surface area contributed by atoms with Crippen LogP contribution in [0.1, 0.15) is 42.7 Å². The van der Waals surface area contributed by atoms with Crippen LogP contribution >= 0.6 is 0 Å². The monoisotopic (exact) mass is 463 g/mol. The maximum Gasteiger partial charge on any atom is 0.256 e. The van der Waals surface area contributed by atoms with Gasteiger partial charge in [-0.05, 0) is 32.4 Å². The molecule has 0 bridgehead atoms. The Balaban J connectivity index is 1.86. The van der Waals surface area contributed by atoms with E-state index in [9.17, 15) is 18.4 Å². The molecule has 0 aliphatic heterocycles. The molecule has 4 aromatic rings. The fourth-order valence-electron chi connectivity index (χ4n) is 3.72. The summed E-state index contributed by atoms with van der Waals surface area (Å²) in [6.45, 7) is 7.08. The fourth-order valence-corrected chi connectivity index (χ4v) is 3.72. The number of amides is 2. The van der Waals surface area contributed by atoms with Gasteiger partial charge < -0.3 is 10.6 Å². The summed E-state index contributed by atoms with van der Waals surface area (Å²) in [7, 11) is 0. The van der Waals surface area contributed by atoms with Gasteiger partial charge in [0.1, 0.15) is 0 Å². The number of halogens is 2. The highest BCUT2D eigenvalue weighted by Crippen LogP contribution is 2.30. The van der Waals surface area contributed by atoms with Gasteiger partial charge in [0.25, 0.3) is 5.91 Å². The molecular formula is C25H23F2N5O2. The van der Waals surface area contributed by atoms with Gasteiger partial charge in [0, 0.05) is 30.7 Å². The van der Waals surface area contributed by atoms with Gasteiger partial charge in [0.2, 0.25) is 5.91 Å². The van der Waals surface area contributed by atoms with Crippen LogP contribution in [0.5, 0.6) is 0 Å². The average molecular weight is 463 g/mol. The van der Waals surface area contributed by atoms with Crippen LogP contribution in [0.4, 0.5) is 20.2 Å². The Morgan fingerprint density at radius 1 is 1.00 bits per heavy atom. The van der Waals surface area contributed by atoms with Gasteiger partial charge in [0.05, 0.1) is 34.2 Å². The number of hydrogen-bond donors (Lipinski definition) is 2. The minimum absolute atomic E-state index is 0.00871. The first-order valence-corrected chi connectivity index (χ1v) is 10.7. The highest BCUT2D eigenvalue weighted by molar-refractivity contribution is 6.14. The number of fused-ring (bicyclic) bond motifs is 1. The van der Waals surface area contributed by atoms with Crippen molar-refractivity contribution in [3.63, 3.8) is 0 Å². The van der Waals surface area contributed by atoms with Gasteiger partial charge in [-0.15, -0.1) is 0 Å². The van der Waals surface area contributed by atoms with E-state index in [-0.39, 0.29) is 23.0 Å². The third-order valence-corrected chi connectivity index (χ3v) is 5.34. The Hall–Kier alpha value is -4.14. The highest BCUT2D eigenvalue weighted by atomic mass is 19.2. The van der Waals surface area contributed by atoms with E-state index >= 15 is 0 Å². The molecule has 0 aliphatic carbocycles. The van der Waals surface area contributed by atoms with Crippen LogP contribution in [0, 0.1) is 18.6 Å². The molecule has 0 aliphatic rings. The number of anilines is 2. The Labute approximate surface area is 194 Å². The van der Waals surface area contributed by atoms with Crippen molar-refractivity contribution >= 4 is 34.2 Å². The van der Waals surface area contributed by atoms with Crippen molar-refractivity contribution in [2.75, 3.05) is 10.6 Å². The molecule has 2 aromatic heterocycles. The number of carbonyl (C=O) groups is 2. The van der Waals surface area contributed by atoms with E-state index in [0.29, 0.717) is 16.7 Å². The molecule has 0 unspecified atom stereocenters. The fraction of sp³-hybridized carbons (Fsp3) is 0.200. The number of aryl methyl sites for hydroxylation is 1. The number of pyridine rings is 1. The van der Waals surface area contributed by atoms with E-state index in [1.165, 1.54) is 6.92 Å². The lowest BCUT2D eigenvalue weighted by Crippen LogP contribution is -2.16. The van der Waals surface area contributed by atoms with Crippen molar-refractivity contribution in [2.45, 2.75) is 33.7 Å². The van der Waals surface area contributed by atoms with Crippen molar-refractivity contribution in [2.24, 2.45) is 0 Å². The molecule has 4 rings (SSSR count). The summed E-state index contributed by atoms with van der Waals surface area (Å²) in [5.41, 5.74) is 3.05. The molecule has 7 nitrogen and oxygen atoms in total. The third kappa shape index (κ3) is 4.36. The minimum atomic E-state index is -1.16. The van der Waals surface area contributed by atoms with Crippen molar-refractivity contribution in [1.82, 2.24) is 14.8 Å². The standard InChI is InChI=1S/C25H23F2N5O2/c1-13(2)32-24-18(12-28-32)17(9-21(30-24)16-8-6-5-7-14(16)3)25(34)31-23-11-20(27)19(26)10-22(23)29-15(4)33/h5-13H,1-4H3,(H,29,33)(H,31,34). The zero-order chi connectivity index (χ0) is 24.6. The Bertz CT molecular complexity index is 1430. The van der Waals surface area contributed by atoms with Crippen LogP contribution in [-0.4, -0.2) is 26.6 Å². The molecule has 2 amide bonds. The maximum absolute atomic E-state index is 14.0. The number of nitrogens with one attached hydrogen (secondary N) is 2. The summed E-state index contributed by atoms with van der Waals surface area (Å²) < 4.78 is 29.5. The van der Waals surface area contributed by atoms with Gasteiger partial charge >= 0.3 is 0 Å². The van der Waals surface area contributed by atoms with Crippen LogP contribution in [0.15, 0.2) is 48.7 Å². The van der Waals surface area contributed by atoms with E-state index in [1.54, 1.807) is 16.9 Å². The lowest BCUT2D eigenvalue weighted by atomic mass is 10.0. The molecule has 0 fully saturated rings. The SMILES string of the molecule is CC(=O)Nc1cc(F)c(F)cc1NC(=O)c1cc(-c2ccccc2C)nc2c1cnn2C(C)C. The Morgan fingerprint density at radius 3 is 2.26 bits per heavy atom. The molecule has 34 heavy (non-hydrogen) atoms. The number of nitrogens with zero attached hydrogens (tertiary/aromatic N) is 3. The summed E-state index contributed by atoms with van der Waals surface area (Å²) >= 11 is 0. The molecule has 0 saturated carbocycles. The van der Waals surface area contributed by atoms with E-state index in [0.717, 1.165) is 23.3 Å². The second-order valence-electron chi connectivity index (χ2n) is 8.24. The topological polar surface area (TPSA) is 88.9 Å². The summed E-state index contributed by atoms with van der Waals surface area (Å²) in [4.78, 5) is 29.7. The van der Waals surface area contributed by atoms with Crippen LogP contribution in [-0.2, 0) is 4.79 Å². The van der Waals surface area contributed by atoms with Crippen LogP contribution in [0.3, 0.4) is 0 Å².